The molecule has 0 unspecified atom stereocenters. The highest BCUT2D eigenvalue weighted by atomic mass is 16.5. The van der Waals surface area contributed by atoms with Gasteiger partial charge in [0, 0.05) is 6.54 Å². The number of hydrogen-bond acceptors (Lipinski definition) is 4. The molecule has 0 saturated carbocycles. The Morgan fingerprint density at radius 3 is 2.72 bits per heavy atom. The third-order valence-electron chi connectivity index (χ3n) is 2.20. The third-order valence-corrected chi connectivity index (χ3v) is 2.20. The minimum Gasteiger partial charge on any atom is -0.473 e. The van der Waals surface area contributed by atoms with Gasteiger partial charge in [-0.2, -0.15) is 0 Å². The van der Waals surface area contributed by atoms with E-state index in [1.54, 1.807) is 12.1 Å². The van der Waals surface area contributed by atoms with E-state index in [4.69, 9.17) is 10.5 Å². The first-order valence-corrected chi connectivity index (χ1v) is 5.65. The van der Waals surface area contributed by atoms with E-state index >= 15 is 0 Å². The van der Waals surface area contributed by atoms with Crippen LogP contribution in [0.25, 0.3) is 0 Å². The van der Waals surface area contributed by atoms with Gasteiger partial charge in [-0.3, -0.25) is 9.69 Å². The summed E-state index contributed by atoms with van der Waals surface area (Å²) in [7, 11) is 0. The summed E-state index contributed by atoms with van der Waals surface area (Å²) in [5.41, 5.74) is 5.31. The van der Waals surface area contributed by atoms with Crippen molar-refractivity contribution in [3.05, 3.63) is 30.3 Å². The highest BCUT2D eigenvalue weighted by molar-refractivity contribution is 5.84. The zero-order valence-electron chi connectivity index (χ0n) is 10.0. The Labute approximate surface area is 106 Å². The van der Waals surface area contributed by atoms with Gasteiger partial charge in [0.2, 0.25) is 6.41 Å². The van der Waals surface area contributed by atoms with Crippen molar-refractivity contribution < 1.29 is 14.3 Å². The molecule has 3 N–H and O–H groups in total. The summed E-state index contributed by atoms with van der Waals surface area (Å²) in [5, 5.41) is 2.48. The molecular weight excluding hydrogens is 234 g/mol. The highest BCUT2D eigenvalue weighted by Crippen LogP contribution is 2.07. The van der Waals surface area contributed by atoms with Crippen molar-refractivity contribution in [1.29, 1.82) is 0 Å². The molecule has 0 aliphatic rings. The molecule has 0 aliphatic carbocycles. The van der Waals surface area contributed by atoms with E-state index in [9.17, 15) is 9.59 Å². The summed E-state index contributed by atoms with van der Waals surface area (Å²) in [4.78, 5) is 23.2. The van der Waals surface area contributed by atoms with Crippen LogP contribution in [0.2, 0.25) is 0 Å². The molecule has 0 heterocycles. The molecule has 0 spiro atoms. The first-order valence-electron chi connectivity index (χ1n) is 5.65. The lowest BCUT2D eigenvalue weighted by molar-refractivity contribution is -0.115. The lowest BCUT2D eigenvalue weighted by atomic mass is 10.3. The van der Waals surface area contributed by atoms with E-state index in [-0.39, 0.29) is 6.73 Å². The number of amides is 3. The van der Waals surface area contributed by atoms with Gasteiger partial charge in [0.1, 0.15) is 5.75 Å². The van der Waals surface area contributed by atoms with Gasteiger partial charge >= 0.3 is 6.03 Å². The minimum absolute atomic E-state index is 0.00973. The molecule has 1 rings (SSSR count). The maximum absolute atomic E-state index is 11.5. The minimum atomic E-state index is -0.491. The molecule has 3 amide bonds. The number of ether oxygens (including phenoxy) is 1. The summed E-state index contributed by atoms with van der Waals surface area (Å²) in [6.07, 6.45) is 1.05. The zero-order chi connectivity index (χ0) is 13.2. The summed E-state index contributed by atoms with van der Waals surface area (Å²) in [6.45, 7) is 0.741. The quantitative estimate of drug-likeness (QED) is 0.547. The van der Waals surface area contributed by atoms with Crippen molar-refractivity contribution in [2.75, 3.05) is 19.8 Å². The summed E-state index contributed by atoms with van der Waals surface area (Å²) < 4.78 is 5.28. The van der Waals surface area contributed by atoms with E-state index in [1.165, 1.54) is 0 Å². The van der Waals surface area contributed by atoms with Crippen LogP contribution in [0.1, 0.15) is 6.42 Å². The van der Waals surface area contributed by atoms with E-state index in [2.05, 4.69) is 5.32 Å². The number of hydrogen-bond donors (Lipinski definition) is 2. The smallest absolute Gasteiger partial charge is 0.326 e. The van der Waals surface area contributed by atoms with Gasteiger partial charge in [-0.25, -0.2) is 4.79 Å². The average Bonchev–Trinajstić information content (AvgIpc) is 2.41. The van der Waals surface area contributed by atoms with Crippen LogP contribution in [0.5, 0.6) is 5.75 Å². The van der Waals surface area contributed by atoms with Crippen LogP contribution in [0.15, 0.2) is 30.3 Å². The lowest BCUT2D eigenvalue weighted by Gasteiger charge is -2.16. The number of nitrogens with two attached hydrogens (primary N) is 1. The van der Waals surface area contributed by atoms with Gasteiger partial charge in [-0.1, -0.05) is 18.2 Å². The Morgan fingerprint density at radius 1 is 1.39 bits per heavy atom. The van der Waals surface area contributed by atoms with Crippen LogP contribution >= 0.6 is 0 Å². The largest absolute Gasteiger partial charge is 0.473 e. The second-order valence-electron chi connectivity index (χ2n) is 3.52. The van der Waals surface area contributed by atoms with E-state index in [1.807, 2.05) is 18.2 Å². The number of nitrogens with zero attached hydrogens (tertiary/aromatic N) is 1. The van der Waals surface area contributed by atoms with Gasteiger partial charge in [0.05, 0.1) is 0 Å². The van der Waals surface area contributed by atoms with Gasteiger partial charge in [-0.05, 0) is 25.1 Å². The second kappa shape index (κ2) is 8.08. The molecule has 1 aromatic carbocycles. The van der Waals surface area contributed by atoms with Crippen molar-refractivity contribution in [2.24, 2.45) is 5.73 Å². The first kappa shape index (κ1) is 14.0. The maximum atomic E-state index is 11.5. The Morgan fingerprint density at radius 2 is 2.11 bits per heavy atom. The zero-order valence-corrected chi connectivity index (χ0v) is 10.0. The maximum Gasteiger partial charge on any atom is 0.326 e. The molecule has 0 bridgehead atoms. The predicted octanol–water partition coefficient (Wildman–Crippen LogP) is 0.540. The molecule has 0 aromatic heterocycles. The molecule has 0 radical (unpaired) electrons. The molecule has 0 aliphatic heterocycles. The second-order valence-corrected chi connectivity index (χ2v) is 3.52. The number of carbonyl (C=O) groups excluding carboxylic acids is 2. The summed E-state index contributed by atoms with van der Waals surface area (Å²) >= 11 is 0. The van der Waals surface area contributed by atoms with Crippen molar-refractivity contribution in [3.63, 3.8) is 0 Å². The molecule has 18 heavy (non-hydrogen) atoms. The third kappa shape index (κ3) is 4.84. The fraction of sp³-hybridized carbons (Fsp3) is 0.333. The molecule has 0 fully saturated rings. The van der Waals surface area contributed by atoms with Gasteiger partial charge in [0.25, 0.3) is 0 Å². The Hall–Kier alpha value is -2.08. The number of rotatable bonds is 7. The predicted molar refractivity (Wildman–Crippen MR) is 66.9 cm³/mol. The number of urea groups is 1. The van der Waals surface area contributed by atoms with Crippen LogP contribution < -0.4 is 15.8 Å². The molecule has 0 saturated heterocycles. The van der Waals surface area contributed by atoms with Crippen LogP contribution in [0.4, 0.5) is 4.79 Å². The molecule has 0 atom stereocenters. The standard InChI is InChI=1S/C12H17N3O3/c13-7-4-8-15(10-16)12(17)14-9-18-11-5-2-1-3-6-11/h1-3,5-6,10H,4,7-9,13H2,(H,14,17). The van der Waals surface area contributed by atoms with Crippen LogP contribution in [0.3, 0.4) is 0 Å². The van der Waals surface area contributed by atoms with Crippen LogP contribution in [0, 0.1) is 0 Å². The normalized spacial score (nSPS) is 9.61. The van der Waals surface area contributed by atoms with Gasteiger partial charge in [-0.15, -0.1) is 0 Å². The lowest BCUT2D eigenvalue weighted by Crippen LogP contribution is -2.41. The van der Waals surface area contributed by atoms with Crippen LogP contribution in [-0.4, -0.2) is 37.2 Å². The van der Waals surface area contributed by atoms with E-state index in [0.717, 1.165) is 4.90 Å². The molecular formula is C12H17N3O3. The monoisotopic (exact) mass is 251 g/mol. The van der Waals surface area contributed by atoms with E-state index < -0.39 is 6.03 Å². The topological polar surface area (TPSA) is 84.7 Å². The number of benzene rings is 1. The average molecular weight is 251 g/mol. The molecule has 6 nitrogen and oxygen atoms in total. The van der Waals surface area contributed by atoms with Crippen LogP contribution in [-0.2, 0) is 4.79 Å². The number of carbonyl (C=O) groups is 2. The first-order chi connectivity index (χ1) is 8.77. The van der Waals surface area contributed by atoms with Crippen molar-refractivity contribution in [3.8, 4) is 5.75 Å². The molecule has 1 aromatic rings. The van der Waals surface area contributed by atoms with Crippen molar-refractivity contribution >= 4 is 12.4 Å². The van der Waals surface area contributed by atoms with Crippen molar-refractivity contribution in [1.82, 2.24) is 10.2 Å². The summed E-state index contributed by atoms with van der Waals surface area (Å²) in [6, 6.07) is 8.59. The van der Waals surface area contributed by atoms with Gasteiger partial charge in [0.15, 0.2) is 6.73 Å². The van der Waals surface area contributed by atoms with Gasteiger partial charge < -0.3 is 15.8 Å². The van der Waals surface area contributed by atoms with E-state index in [0.29, 0.717) is 31.7 Å². The van der Waals surface area contributed by atoms with Crippen molar-refractivity contribution in [2.45, 2.75) is 6.42 Å². The Kier molecular flexibility index (Phi) is 6.27. The Balaban J connectivity index is 2.29. The SMILES string of the molecule is NCCCN(C=O)C(=O)NCOc1ccccc1. The molecule has 98 valence electrons. The number of para-hydroxylation sites is 1. The number of nitrogens with one attached hydrogen (secondary N) is 1. The Bertz CT molecular complexity index is 370. The fourth-order valence-electron chi connectivity index (χ4n) is 1.26. The summed E-state index contributed by atoms with van der Waals surface area (Å²) in [5.74, 6) is 0.650. The highest BCUT2D eigenvalue weighted by Gasteiger charge is 2.10. The fourth-order valence-corrected chi connectivity index (χ4v) is 1.26. The molecule has 6 heteroatoms. The number of imide groups is 1.